The molecule has 0 aliphatic carbocycles. The average Bonchev–Trinajstić information content (AvgIpc) is 3.11. The number of benzene rings is 2. The number of hydrogen-bond donors (Lipinski definition) is 1. The van der Waals surface area contributed by atoms with Gasteiger partial charge in [-0.15, -0.1) is 0 Å². The molecule has 0 radical (unpaired) electrons. The van der Waals surface area contributed by atoms with Gasteiger partial charge in [-0.3, -0.25) is 0 Å². The van der Waals surface area contributed by atoms with Gasteiger partial charge in [0.25, 0.3) is 0 Å². The maximum Gasteiger partial charge on any atom is 0.0786 e. The van der Waals surface area contributed by atoms with Crippen molar-refractivity contribution in [3.63, 3.8) is 0 Å². The van der Waals surface area contributed by atoms with Crippen molar-refractivity contribution in [1.29, 1.82) is 0 Å². The molecule has 2 unspecified atom stereocenters. The molecule has 28 heavy (non-hydrogen) atoms. The molecular weight excluding hydrogens is 344 g/mol. The van der Waals surface area contributed by atoms with Gasteiger partial charge in [-0.25, -0.2) is 0 Å². The topological polar surface area (TPSA) is 26.7 Å². The molecule has 0 bridgehead atoms. The maximum atomic E-state index is 10.8. The Hall–Kier alpha value is -1.84. The summed E-state index contributed by atoms with van der Waals surface area (Å²) in [6, 6.07) is 19.7. The van der Waals surface area contributed by atoms with Crippen LogP contribution < -0.4 is 4.90 Å². The highest BCUT2D eigenvalue weighted by atomic mass is 16.3. The lowest BCUT2D eigenvalue weighted by Crippen LogP contribution is -2.41. The number of nitrogens with zero attached hydrogens (tertiary/aromatic N) is 2. The molecule has 2 aromatic rings. The number of aliphatic hydroxyl groups is 1. The van der Waals surface area contributed by atoms with E-state index in [2.05, 4.69) is 78.4 Å². The van der Waals surface area contributed by atoms with E-state index in [1.807, 2.05) is 6.92 Å². The minimum atomic E-state index is -0.695. The van der Waals surface area contributed by atoms with Crippen LogP contribution in [0.4, 0.5) is 5.69 Å². The summed E-state index contributed by atoms with van der Waals surface area (Å²) in [4.78, 5) is 4.72. The van der Waals surface area contributed by atoms with E-state index in [4.69, 9.17) is 0 Å². The van der Waals surface area contributed by atoms with Crippen LogP contribution in [0.25, 0.3) is 0 Å². The van der Waals surface area contributed by atoms with Crippen LogP contribution in [0.3, 0.4) is 0 Å². The highest BCUT2D eigenvalue weighted by Crippen LogP contribution is 2.27. The first-order valence-electron chi connectivity index (χ1n) is 10.7. The molecule has 0 saturated carbocycles. The van der Waals surface area contributed by atoms with Gasteiger partial charge < -0.3 is 14.9 Å². The van der Waals surface area contributed by atoms with E-state index in [0.717, 1.165) is 32.0 Å². The van der Waals surface area contributed by atoms with Crippen LogP contribution in [0, 0.1) is 5.92 Å². The Labute approximate surface area is 171 Å². The third kappa shape index (κ3) is 6.08. The quantitative estimate of drug-likeness (QED) is 0.699. The van der Waals surface area contributed by atoms with Crippen molar-refractivity contribution in [2.24, 2.45) is 5.92 Å². The molecule has 2 aromatic carbocycles. The molecule has 1 fully saturated rings. The van der Waals surface area contributed by atoms with Gasteiger partial charge in [0.1, 0.15) is 0 Å². The van der Waals surface area contributed by atoms with Crippen molar-refractivity contribution < 1.29 is 5.11 Å². The summed E-state index contributed by atoms with van der Waals surface area (Å²) in [6.07, 6.45) is 4.24. The van der Waals surface area contributed by atoms with Crippen molar-refractivity contribution in [2.45, 2.75) is 45.1 Å². The Morgan fingerprint density at radius 1 is 1.07 bits per heavy atom. The molecule has 1 N–H and O–H groups in total. The smallest absolute Gasteiger partial charge is 0.0786 e. The SMILES string of the molecule is CCCN(C)CC(C)(O)Cc1ccc(N2CCC(Cc3ccccc3)C2)cc1. The van der Waals surface area contributed by atoms with Gasteiger partial charge >= 0.3 is 0 Å². The number of hydrogen-bond acceptors (Lipinski definition) is 3. The van der Waals surface area contributed by atoms with E-state index in [9.17, 15) is 5.11 Å². The van der Waals surface area contributed by atoms with Crippen molar-refractivity contribution in [1.82, 2.24) is 4.90 Å². The fourth-order valence-corrected chi connectivity index (χ4v) is 4.54. The normalized spacial score (nSPS) is 19.2. The summed E-state index contributed by atoms with van der Waals surface area (Å²) in [5.41, 5.74) is 3.26. The third-order valence-electron chi connectivity index (χ3n) is 5.76. The second-order valence-electron chi connectivity index (χ2n) is 8.87. The summed E-state index contributed by atoms with van der Waals surface area (Å²) >= 11 is 0. The fourth-order valence-electron chi connectivity index (χ4n) is 4.54. The molecular formula is C25H36N2O. The van der Waals surface area contributed by atoms with Crippen LogP contribution in [0.1, 0.15) is 37.8 Å². The number of anilines is 1. The van der Waals surface area contributed by atoms with Crippen molar-refractivity contribution in [2.75, 3.05) is 38.1 Å². The van der Waals surface area contributed by atoms with Gasteiger partial charge in [0.05, 0.1) is 5.60 Å². The van der Waals surface area contributed by atoms with Crippen LogP contribution in [0.2, 0.25) is 0 Å². The number of rotatable bonds is 9. The first-order chi connectivity index (χ1) is 13.4. The van der Waals surface area contributed by atoms with Gasteiger partial charge in [0, 0.05) is 31.7 Å². The summed E-state index contributed by atoms with van der Waals surface area (Å²) in [7, 11) is 2.08. The zero-order chi connectivity index (χ0) is 20.0. The molecule has 3 nitrogen and oxygen atoms in total. The Bertz CT molecular complexity index is 711. The molecule has 1 heterocycles. The van der Waals surface area contributed by atoms with Gasteiger partial charge in [0.15, 0.2) is 0 Å². The maximum absolute atomic E-state index is 10.8. The fraction of sp³-hybridized carbons (Fsp3) is 0.520. The summed E-state index contributed by atoms with van der Waals surface area (Å²) in [5, 5.41) is 10.8. The summed E-state index contributed by atoms with van der Waals surface area (Å²) in [6.45, 7) is 8.11. The minimum Gasteiger partial charge on any atom is -0.388 e. The minimum absolute atomic E-state index is 0.692. The van der Waals surface area contributed by atoms with Crippen molar-refractivity contribution >= 4 is 5.69 Å². The van der Waals surface area contributed by atoms with Crippen LogP contribution in [0.15, 0.2) is 54.6 Å². The van der Waals surface area contributed by atoms with E-state index in [1.54, 1.807) is 0 Å². The predicted octanol–water partition coefficient (Wildman–Crippen LogP) is 4.39. The van der Waals surface area contributed by atoms with Crippen LogP contribution >= 0.6 is 0 Å². The lowest BCUT2D eigenvalue weighted by molar-refractivity contribution is 0.0275. The molecule has 152 valence electrons. The molecule has 0 amide bonds. The van der Waals surface area contributed by atoms with E-state index in [0.29, 0.717) is 13.0 Å². The second-order valence-corrected chi connectivity index (χ2v) is 8.87. The van der Waals surface area contributed by atoms with Crippen molar-refractivity contribution in [3.05, 3.63) is 65.7 Å². The first kappa shape index (κ1) is 20.9. The zero-order valence-corrected chi connectivity index (χ0v) is 17.8. The van der Waals surface area contributed by atoms with Gasteiger partial charge in [0.2, 0.25) is 0 Å². The summed E-state index contributed by atoms with van der Waals surface area (Å²) < 4.78 is 0. The zero-order valence-electron chi connectivity index (χ0n) is 17.8. The first-order valence-corrected chi connectivity index (χ1v) is 10.7. The van der Waals surface area contributed by atoms with E-state index in [1.165, 1.54) is 29.7 Å². The highest BCUT2D eigenvalue weighted by Gasteiger charge is 2.24. The number of likely N-dealkylation sites (N-methyl/N-ethyl adjacent to an activating group) is 1. The van der Waals surface area contributed by atoms with Gasteiger partial charge in [-0.1, -0.05) is 49.4 Å². The van der Waals surface area contributed by atoms with Crippen LogP contribution in [-0.2, 0) is 12.8 Å². The lowest BCUT2D eigenvalue weighted by atomic mass is 9.95. The predicted molar refractivity (Wildman–Crippen MR) is 119 cm³/mol. The molecule has 3 heteroatoms. The van der Waals surface area contributed by atoms with E-state index in [-0.39, 0.29) is 0 Å². The van der Waals surface area contributed by atoms with E-state index < -0.39 is 5.60 Å². The average molecular weight is 381 g/mol. The monoisotopic (exact) mass is 380 g/mol. The molecule has 1 aliphatic rings. The van der Waals surface area contributed by atoms with Gasteiger partial charge in [-0.2, -0.15) is 0 Å². The summed E-state index contributed by atoms with van der Waals surface area (Å²) in [5.74, 6) is 0.733. The molecule has 0 spiro atoms. The largest absolute Gasteiger partial charge is 0.388 e. The Morgan fingerprint density at radius 3 is 2.46 bits per heavy atom. The second kappa shape index (κ2) is 9.58. The molecule has 1 aliphatic heterocycles. The Balaban J connectivity index is 1.53. The third-order valence-corrected chi connectivity index (χ3v) is 5.76. The van der Waals surface area contributed by atoms with Gasteiger partial charge in [-0.05, 0) is 69.0 Å². The van der Waals surface area contributed by atoms with E-state index >= 15 is 0 Å². The lowest BCUT2D eigenvalue weighted by Gasteiger charge is -2.29. The molecule has 1 saturated heterocycles. The molecule has 3 rings (SSSR count). The van der Waals surface area contributed by atoms with Crippen molar-refractivity contribution in [3.8, 4) is 0 Å². The Kier molecular flexibility index (Phi) is 7.14. The van der Waals surface area contributed by atoms with Crippen LogP contribution in [-0.4, -0.2) is 48.8 Å². The molecule has 0 aromatic heterocycles. The molecule has 2 atom stereocenters. The standard InChI is InChI=1S/C25H36N2O/c1-4-15-26(3)20-25(2,28)18-22-10-12-24(13-11-22)27-16-14-23(19-27)17-21-8-6-5-7-9-21/h5-13,23,28H,4,14-20H2,1-3H3. The highest BCUT2D eigenvalue weighted by molar-refractivity contribution is 5.48. The van der Waals surface area contributed by atoms with Crippen LogP contribution in [0.5, 0.6) is 0 Å². The Morgan fingerprint density at radius 2 is 1.79 bits per heavy atom.